The number of nitrogens with zero attached hydrogens (tertiary/aromatic N) is 1. The van der Waals surface area contributed by atoms with Gasteiger partial charge in [-0.05, 0) is 6.08 Å². The fraction of sp³-hybridized carbons (Fsp3) is 0.727. The Morgan fingerprint density at radius 2 is 1.60 bits per heavy atom. The molecule has 0 aromatic heterocycles. The first-order valence-electron chi connectivity index (χ1n) is 5.12. The Balaban J connectivity index is 4.06. The number of rotatable bonds is 7. The van der Waals surface area contributed by atoms with Crippen molar-refractivity contribution < 1.29 is 4.79 Å². The molecule has 0 aromatic rings. The van der Waals surface area contributed by atoms with E-state index in [0.717, 1.165) is 11.8 Å². The first-order chi connectivity index (χ1) is 6.97. The lowest BCUT2D eigenvalue weighted by Crippen LogP contribution is -2.29. The van der Waals surface area contributed by atoms with E-state index >= 15 is 0 Å². The minimum absolute atomic E-state index is 0.0244. The molecule has 0 saturated heterocycles. The molecule has 2 nitrogen and oxygen atoms in total. The van der Waals surface area contributed by atoms with Crippen LogP contribution in [0.2, 0.25) is 0 Å². The Morgan fingerprint density at radius 1 is 1.20 bits per heavy atom. The average molecular weight is 247 g/mol. The van der Waals surface area contributed by atoms with Gasteiger partial charge in [-0.3, -0.25) is 4.79 Å². The number of thioether (sulfide) groups is 2. The summed E-state index contributed by atoms with van der Waals surface area (Å²) in [5, 5.41) is 1.10. The standard InChI is InChI=1S/C11H21NOS2/c1-6-11(13)12(7-14-9(2)3)8-15-10(4)5/h6,9-10H,1,7-8H2,2-5H3. The van der Waals surface area contributed by atoms with Crippen LogP contribution in [0, 0.1) is 0 Å². The van der Waals surface area contributed by atoms with Crippen LogP contribution in [0.5, 0.6) is 0 Å². The number of hydrogen-bond donors (Lipinski definition) is 0. The second-order valence-corrected chi connectivity index (χ2v) is 6.84. The van der Waals surface area contributed by atoms with Gasteiger partial charge in [0.15, 0.2) is 0 Å². The molecule has 0 aromatic carbocycles. The maximum absolute atomic E-state index is 11.5. The molecule has 0 atom stereocenters. The zero-order valence-corrected chi connectivity index (χ0v) is 11.7. The molecule has 4 heteroatoms. The molecule has 0 aliphatic rings. The lowest BCUT2D eigenvalue weighted by Gasteiger charge is -2.22. The highest BCUT2D eigenvalue weighted by Gasteiger charge is 2.11. The van der Waals surface area contributed by atoms with Gasteiger partial charge in [0, 0.05) is 10.5 Å². The van der Waals surface area contributed by atoms with Crippen molar-refractivity contribution in [3.63, 3.8) is 0 Å². The maximum atomic E-state index is 11.5. The summed E-state index contributed by atoms with van der Waals surface area (Å²) in [5.74, 6) is 1.53. The van der Waals surface area contributed by atoms with Gasteiger partial charge in [-0.15, -0.1) is 23.5 Å². The summed E-state index contributed by atoms with van der Waals surface area (Å²) < 4.78 is 0. The molecule has 0 bridgehead atoms. The van der Waals surface area contributed by atoms with E-state index in [4.69, 9.17) is 0 Å². The van der Waals surface area contributed by atoms with Crippen molar-refractivity contribution in [3.8, 4) is 0 Å². The minimum atomic E-state index is 0.0244. The van der Waals surface area contributed by atoms with Crippen LogP contribution in [0.25, 0.3) is 0 Å². The molecule has 1 amide bonds. The Hall–Kier alpha value is -0.0900. The van der Waals surface area contributed by atoms with Crippen LogP contribution < -0.4 is 0 Å². The molecule has 0 unspecified atom stereocenters. The molecule has 0 fully saturated rings. The molecule has 0 radical (unpaired) electrons. The summed E-state index contributed by atoms with van der Waals surface area (Å²) in [6.07, 6.45) is 1.39. The highest BCUT2D eigenvalue weighted by atomic mass is 32.2. The van der Waals surface area contributed by atoms with E-state index in [1.54, 1.807) is 23.5 Å². The van der Waals surface area contributed by atoms with Crippen LogP contribution in [0.4, 0.5) is 0 Å². The van der Waals surface area contributed by atoms with Crippen LogP contribution in [0.15, 0.2) is 12.7 Å². The van der Waals surface area contributed by atoms with Crippen LogP contribution in [-0.4, -0.2) is 33.1 Å². The van der Waals surface area contributed by atoms with Gasteiger partial charge < -0.3 is 4.90 Å². The Bertz CT molecular complexity index is 193. The third-order valence-corrected chi connectivity index (χ3v) is 3.87. The number of carbonyl (C=O) groups excluding carboxylic acids is 1. The van der Waals surface area contributed by atoms with Crippen LogP contribution in [0.3, 0.4) is 0 Å². The molecular weight excluding hydrogens is 226 g/mol. The lowest BCUT2D eigenvalue weighted by molar-refractivity contribution is -0.124. The fourth-order valence-corrected chi connectivity index (χ4v) is 2.28. The zero-order chi connectivity index (χ0) is 11.8. The van der Waals surface area contributed by atoms with Gasteiger partial charge in [0.1, 0.15) is 0 Å². The van der Waals surface area contributed by atoms with Gasteiger partial charge in [-0.25, -0.2) is 0 Å². The Labute approximate surface area is 102 Å². The van der Waals surface area contributed by atoms with Crippen molar-refractivity contribution in [1.29, 1.82) is 0 Å². The predicted molar refractivity (Wildman–Crippen MR) is 72.2 cm³/mol. The quantitative estimate of drug-likeness (QED) is 0.509. The largest absolute Gasteiger partial charge is 0.321 e. The molecule has 0 aliphatic carbocycles. The molecule has 0 saturated carbocycles. The van der Waals surface area contributed by atoms with Crippen molar-refractivity contribution >= 4 is 29.4 Å². The number of hydrogen-bond acceptors (Lipinski definition) is 3. The minimum Gasteiger partial charge on any atom is -0.321 e. The summed E-state index contributed by atoms with van der Waals surface area (Å²) in [7, 11) is 0. The monoisotopic (exact) mass is 247 g/mol. The van der Waals surface area contributed by atoms with E-state index in [1.165, 1.54) is 6.08 Å². The van der Waals surface area contributed by atoms with Crippen molar-refractivity contribution in [2.45, 2.75) is 38.2 Å². The van der Waals surface area contributed by atoms with Crippen LogP contribution in [0.1, 0.15) is 27.7 Å². The van der Waals surface area contributed by atoms with Crippen molar-refractivity contribution in [2.75, 3.05) is 11.8 Å². The molecule has 0 spiro atoms. The van der Waals surface area contributed by atoms with Crippen LogP contribution >= 0.6 is 23.5 Å². The van der Waals surface area contributed by atoms with Gasteiger partial charge in [-0.1, -0.05) is 34.3 Å². The average Bonchev–Trinajstić information content (AvgIpc) is 2.16. The van der Waals surface area contributed by atoms with Gasteiger partial charge in [0.25, 0.3) is 0 Å². The van der Waals surface area contributed by atoms with Crippen LogP contribution in [-0.2, 0) is 4.79 Å². The van der Waals surface area contributed by atoms with E-state index in [9.17, 15) is 4.79 Å². The predicted octanol–water partition coefficient (Wildman–Crippen LogP) is 3.20. The van der Waals surface area contributed by atoms with E-state index in [0.29, 0.717) is 10.5 Å². The number of amides is 1. The molecule has 0 N–H and O–H groups in total. The lowest BCUT2D eigenvalue weighted by atomic mass is 10.5. The summed E-state index contributed by atoms with van der Waals surface area (Å²) in [5.41, 5.74) is 0. The van der Waals surface area contributed by atoms with E-state index < -0.39 is 0 Å². The molecule has 15 heavy (non-hydrogen) atoms. The topological polar surface area (TPSA) is 20.3 Å². The summed E-state index contributed by atoms with van der Waals surface area (Å²) in [6.45, 7) is 12.1. The van der Waals surface area contributed by atoms with Gasteiger partial charge in [0.05, 0.1) is 11.8 Å². The maximum Gasteiger partial charge on any atom is 0.247 e. The van der Waals surface area contributed by atoms with Crippen molar-refractivity contribution in [2.24, 2.45) is 0 Å². The molecule has 0 rings (SSSR count). The van der Waals surface area contributed by atoms with Gasteiger partial charge in [-0.2, -0.15) is 0 Å². The first kappa shape index (κ1) is 14.9. The highest BCUT2D eigenvalue weighted by Crippen LogP contribution is 2.16. The molecule has 0 heterocycles. The van der Waals surface area contributed by atoms with Gasteiger partial charge >= 0.3 is 0 Å². The molecule has 0 aliphatic heterocycles. The zero-order valence-electron chi connectivity index (χ0n) is 10.0. The Morgan fingerprint density at radius 3 is 1.87 bits per heavy atom. The van der Waals surface area contributed by atoms with E-state index in [2.05, 4.69) is 34.3 Å². The fourth-order valence-electron chi connectivity index (χ4n) is 0.772. The smallest absolute Gasteiger partial charge is 0.247 e. The highest BCUT2D eigenvalue weighted by molar-refractivity contribution is 8.00. The molecule has 88 valence electrons. The second kappa shape index (κ2) is 8.11. The second-order valence-electron chi connectivity index (χ2n) is 3.77. The normalized spacial score (nSPS) is 10.8. The van der Waals surface area contributed by atoms with E-state index in [1.807, 2.05) is 4.90 Å². The summed E-state index contributed by atoms with van der Waals surface area (Å²) >= 11 is 3.56. The summed E-state index contributed by atoms with van der Waals surface area (Å²) in [6, 6.07) is 0. The third kappa shape index (κ3) is 7.79. The first-order valence-corrected chi connectivity index (χ1v) is 7.21. The SMILES string of the molecule is C=CC(=O)N(CSC(C)C)CSC(C)C. The molecular formula is C11H21NOS2. The Kier molecular flexibility index (Phi) is 8.06. The number of carbonyl (C=O) groups is 1. The third-order valence-electron chi connectivity index (χ3n) is 1.61. The van der Waals surface area contributed by atoms with E-state index in [-0.39, 0.29) is 5.91 Å². The summed E-state index contributed by atoms with van der Waals surface area (Å²) in [4.78, 5) is 13.4. The van der Waals surface area contributed by atoms with Crippen molar-refractivity contribution in [1.82, 2.24) is 4.90 Å². The van der Waals surface area contributed by atoms with Crippen molar-refractivity contribution in [3.05, 3.63) is 12.7 Å². The van der Waals surface area contributed by atoms with Gasteiger partial charge in [0.2, 0.25) is 5.91 Å².